The third kappa shape index (κ3) is 4.99. The van der Waals surface area contributed by atoms with Gasteiger partial charge in [0.2, 0.25) is 5.95 Å². The van der Waals surface area contributed by atoms with Crippen LogP contribution in [-0.2, 0) is 15.4 Å². The van der Waals surface area contributed by atoms with Gasteiger partial charge in [0.1, 0.15) is 4.90 Å². The van der Waals surface area contributed by atoms with E-state index >= 15 is 0 Å². The first-order valence-corrected chi connectivity index (χ1v) is 15.5. The molecule has 0 spiro atoms. The first kappa shape index (κ1) is 27.4. The molecule has 214 valence electrons. The number of nitrogens with one attached hydrogen (secondary N) is 1. The third-order valence-corrected chi connectivity index (χ3v) is 10.2. The number of pyridine rings is 1. The van der Waals surface area contributed by atoms with Gasteiger partial charge < -0.3 is 15.1 Å². The average Bonchev–Trinajstić information content (AvgIpc) is 3.23. The lowest BCUT2D eigenvalue weighted by atomic mass is 9.89. The van der Waals surface area contributed by atoms with Gasteiger partial charge in [0, 0.05) is 65.8 Å². The number of para-hydroxylation sites is 1. The van der Waals surface area contributed by atoms with E-state index in [2.05, 4.69) is 58.2 Å². The maximum Gasteiger partial charge on any atom is 0.267 e. The molecular weight excluding hydrogens is 534 g/mol. The Hall–Kier alpha value is -3.76. The Morgan fingerprint density at radius 2 is 1.78 bits per heavy atom. The van der Waals surface area contributed by atoms with Crippen LogP contribution in [0.1, 0.15) is 37.8 Å². The molecule has 0 radical (unpaired) electrons. The van der Waals surface area contributed by atoms with Crippen molar-refractivity contribution in [2.45, 2.75) is 50.0 Å². The minimum absolute atomic E-state index is 0.174. The van der Waals surface area contributed by atoms with Crippen molar-refractivity contribution in [3.63, 3.8) is 0 Å². The van der Waals surface area contributed by atoms with E-state index in [0.29, 0.717) is 23.3 Å². The van der Waals surface area contributed by atoms with Gasteiger partial charge in [0.25, 0.3) is 10.0 Å². The second-order valence-corrected chi connectivity index (χ2v) is 13.8. The van der Waals surface area contributed by atoms with Gasteiger partial charge >= 0.3 is 0 Å². The summed E-state index contributed by atoms with van der Waals surface area (Å²) in [7, 11) is 0.383. The molecule has 2 aliphatic rings. The average molecular weight is 572 g/mol. The van der Waals surface area contributed by atoms with Gasteiger partial charge in [-0.15, -0.1) is 0 Å². The first-order chi connectivity index (χ1) is 19.5. The number of hydrogen-bond acceptors (Lipinski definition) is 8. The van der Waals surface area contributed by atoms with E-state index < -0.39 is 15.4 Å². The quantitative estimate of drug-likeness (QED) is 0.342. The molecule has 0 aliphatic carbocycles. The van der Waals surface area contributed by atoms with Crippen molar-refractivity contribution in [2.75, 3.05) is 48.3 Å². The molecule has 0 amide bonds. The predicted molar refractivity (Wildman–Crippen MR) is 165 cm³/mol. The lowest BCUT2D eigenvalue weighted by Gasteiger charge is -2.37. The highest BCUT2D eigenvalue weighted by atomic mass is 32.2. The Labute approximate surface area is 242 Å². The van der Waals surface area contributed by atoms with Crippen LogP contribution in [0.15, 0.2) is 65.8 Å². The number of benzene rings is 2. The van der Waals surface area contributed by atoms with Crippen molar-refractivity contribution in [3.05, 3.63) is 72.1 Å². The van der Waals surface area contributed by atoms with Crippen molar-refractivity contribution < 1.29 is 8.42 Å². The molecule has 1 saturated heterocycles. The summed E-state index contributed by atoms with van der Waals surface area (Å²) in [6, 6.07) is 15.8. The molecule has 2 aliphatic heterocycles. The molecule has 41 heavy (non-hydrogen) atoms. The summed E-state index contributed by atoms with van der Waals surface area (Å²) in [6.07, 6.45) is 5.67. The highest BCUT2D eigenvalue weighted by molar-refractivity contribution is 7.93. The monoisotopic (exact) mass is 571 g/mol. The van der Waals surface area contributed by atoms with Crippen LogP contribution in [0.2, 0.25) is 0 Å². The maximum absolute atomic E-state index is 14.1. The Kier molecular flexibility index (Phi) is 6.86. The molecule has 1 fully saturated rings. The van der Waals surface area contributed by atoms with E-state index in [-0.39, 0.29) is 11.4 Å². The van der Waals surface area contributed by atoms with Crippen LogP contribution in [0.25, 0.3) is 10.9 Å². The summed E-state index contributed by atoms with van der Waals surface area (Å²) in [4.78, 5) is 18.7. The van der Waals surface area contributed by atoms with Crippen molar-refractivity contribution in [3.8, 4) is 0 Å². The van der Waals surface area contributed by atoms with Crippen LogP contribution in [-0.4, -0.2) is 68.0 Å². The molecule has 1 N–H and O–H groups in total. The van der Waals surface area contributed by atoms with Crippen LogP contribution in [0.5, 0.6) is 0 Å². The minimum atomic E-state index is -3.93. The second-order valence-electron chi connectivity index (χ2n) is 12.0. The van der Waals surface area contributed by atoms with Gasteiger partial charge in [-0.3, -0.25) is 4.98 Å². The molecule has 2 aromatic carbocycles. The van der Waals surface area contributed by atoms with E-state index in [9.17, 15) is 8.42 Å². The zero-order chi connectivity index (χ0) is 28.9. The molecule has 0 atom stereocenters. The summed E-state index contributed by atoms with van der Waals surface area (Å²) in [5.74, 6) is 0.759. The zero-order valence-electron chi connectivity index (χ0n) is 24.3. The number of fused-ring (bicyclic) bond motifs is 2. The van der Waals surface area contributed by atoms with Gasteiger partial charge in [-0.05, 0) is 69.8 Å². The van der Waals surface area contributed by atoms with Gasteiger partial charge in [-0.25, -0.2) is 17.7 Å². The fourth-order valence-corrected chi connectivity index (χ4v) is 7.82. The molecule has 4 aromatic rings. The SMILES string of the molecule is Cc1cc(Nc2ncc3c(n2)N(S(=O)(=O)c2cccc4cccnc24)CC3(C)C)ccc1N1CCC(N(C)C)CC1. The lowest BCUT2D eigenvalue weighted by Crippen LogP contribution is -2.42. The number of aromatic nitrogens is 3. The Morgan fingerprint density at radius 1 is 1.02 bits per heavy atom. The number of nitrogens with zero attached hydrogens (tertiary/aromatic N) is 6. The number of sulfonamides is 1. The van der Waals surface area contributed by atoms with E-state index in [1.54, 1.807) is 30.6 Å². The van der Waals surface area contributed by atoms with E-state index in [1.165, 1.54) is 15.6 Å². The summed E-state index contributed by atoms with van der Waals surface area (Å²) in [5, 5.41) is 4.09. The van der Waals surface area contributed by atoms with Crippen molar-refractivity contribution in [2.24, 2.45) is 0 Å². The smallest absolute Gasteiger partial charge is 0.267 e. The van der Waals surface area contributed by atoms with Crippen LogP contribution >= 0.6 is 0 Å². The molecule has 4 heterocycles. The molecular formula is C31H37N7O2S. The highest BCUT2D eigenvalue weighted by Crippen LogP contribution is 2.43. The van der Waals surface area contributed by atoms with Crippen molar-refractivity contribution in [1.29, 1.82) is 0 Å². The number of hydrogen-bond donors (Lipinski definition) is 1. The zero-order valence-corrected chi connectivity index (χ0v) is 25.1. The highest BCUT2D eigenvalue weighted by Gasteiger charge is 2.43. The molecule has 6 rings (SSSR count). The van der Waals surface area contributed by atoms with Crippen molar-refractivity contribution >= 4 is 44.1 Å². The number of piperidine rings is 1. The van der Waals surface area contributed by atoms with Crippen molar-refractivity contribution in [1.82, 2.24) is 19.9 Å². The van der Waals surface area contributed by atoms with Crippen LogP contribution in [0.3, 0.4) is 0 Å². The van der Waals surface area contributed by atoms with Crippen LogP contribution in [0, 0.1) is 6.92 Å². The molecule has 2 aromatic heterocycles. The van der Waals surface area contributed by atoms with Gasteiger partial charge in [0.05, 0.1) is 5.52 Å². The summed E-state index contributed by atoms with van der Waals surface area (Å²) >= 11 is 0. The Morgan fingerprint density at radius 3 is 2.51 bits per heavy atom. The molecule has 0 unspecified atom stereocenters. The number of rotatable bonds is 6. The Bertz CT molecular complexity index is 1710. The summed E-state index contributed by atoms with van der Waals surface area (Å²) < 4.78 is 29.5. The number of aryl methyl sites for hydroxylation is 1. The Balaban J connectivity index is 1.28. The number of anilines is 4. The minimum Gasteiger partial charge on any atom is -0.371 e. The predicted octanol–water partition coefficient (Wildman–Crippen LogP) is 5.09. The molecule has 9 nitrogen and oxygen atoms in total. The third-order valence-electron chi connectivity index (χ3n) is 8.43. The fraction of sp³-hybridized carbons (Fsp3) is 0.387. The molecule has 0 bridgehead atoms. The van der Waals surface area contributed by atoms with Gasteiger partial charge in [0.15, 0.2) is 5.82 Å². The van der Waals surface area contributed by atoms with Gasteiger partial charge in [-0.1, -0.05) is 32.0 Å². The normalized spacial score (nSPS) is 17.3. The topological polar surface area (TPSA) is 94.6 Å². The molecule has 10 heteroatoms. The maximum atomic E-state index is 14.1. The molecule has 0 saturated carbocycles. The van der Waals surface area contributed by atoms with E-state index in [4.69, 9.17) is 4.98 Å². The first-order valence-electron chi connectivity index (χ1n) is 14.1. The summed E-state index contributed by atoms with van der Waals surface area (Å²) in [6.45, 7) is 8.50. The fourth-order valence-electron chi connectivity index (χ4n) is 6.06. The standard InChI is InChI=1S/C31H37N7O2S/c1-21-18-23(11-12-26(21)37-16-13-24(14-17-37)36(4)5)34-30-33-19-25-29(35-30)38(20-31(25,2)3)41(39,40)27-10-6-8-22-9-7-15-32-28(22)27/h6-12,15,18-19,24H,13-14,16-17,20H2,1-5H3,(H,33,34,35). The lowest BCUT2D eigenvalue weighted by molar-refractivity contribution is 0.249. The largest absolute Gasteiger partial charge is 0.371 e. The van der Waals surface area contributed by atoms with E-state index in [1.807, 2.05) is 32.0 Å². The van der Waals surface area contributed by atoms with Crippen LogP contribution < -0.4 is 14.5 Å². The summed E-state index contributed by atoms with van der Waals surface area (Å²) in [5.41, 5.74) is 4.08. The van der Waals surface area contributed by atoms with Gasteiger partial charge in [-0.2, -0.15) is 4.98 Å². The second kappa shape index (κ2) is 10.3. The van der Waals surface area contributed by atoms with Crippen LogP contribution in [0.4, 0.5) is 23.1 Å². The van der Waals surface area contributed by atoms with E-state index in [0.717, 1.165) is 42.6 Å².